The van der Waals surface area contributed by atoms with Crippen molar-refractivity contribution in [2.45, 2.75) is 12.6 Å². The van der Waals surface area contributed by atoms with Crippen molar-refractivity contribution in [1.29, 1.82) is 0 Å². The van der Waals surface area contributed by atoms with Gasteiger partial charge in [0.05, 0.1) is 25.4 Å². The highest BCUT2D eigenvalue weighted by Crippen LogP contribution is 2.30. The van der Waals surface area contributed by atoms with E-state index in [9.17, 15) is 8.78 Å². The molecular weight excluding hydrogens is 450 g/mol. The molecule has 0 unspecified atom stereocenters. The molecule has 0 radical (unpaired) electrons. The fourth-order valence-corrected chi connectivity index (χ4v) is 4.52. The van der Waals surface area contributed by atoms with E-state index in [1.807, 2.05) is 35.2 Å². The molecule has 7 nitrogen and oxygen atoms in total. The van der Waals surface area contributed by atoms with Crippen molar-refractivity contribution in [3.05, 3.63) is 101 Å². The van der Waals surface area contributed by atoms with E-state index in [-0.39, 0.29) is 17.7 Å². The van der Waals surface area contributed by atoms with Crippen LogP contribution in [0.1, 0.15) is 23.0 Å². The lowest BCUT2D eigenvalue weighted by atomic mass is 10.0. The van der Waals surface area contributed by atoms with Gasteiger partial charge in [0.15, 0.2) is 5.82 Å². The number of aromatic nitrogens is 4. The molecule has 3 aromatic carbocycles. The minimum absolute atomic E-state index is 0.223. The molecule has 4 aromatic rings. The number of halogens is 2. The standard InChI is InChI=1S/C26H26F2N6O/c1-35-22-12-6-19(7-13-22)18-34-26(29-30-31-34)25(20-8-10-21(27)11-9-20)33-16-14-32(15-17-33)24-5-3-2-4-23(24)28/h2-13,25H,14-18H2,1H3/t25-/m1/s1. The summed E-state index contributed by atoms with van der Waals surface area (Å²) in [6, 6.07) is 20.8. The number of rotatable bonds is 7. The first-order valence-electron chi connectivity index (χ1n) is 11.5. The van der Waals surface area contributed by atoms with Gasteiger partial charge in [-0.1, -0.05) is 36.4 Å². The molecule has 1 saturated heterocycles. The Morgan fingerprint density at radius 3 is 2.29 bits per heavy atom. The van der Waals surface area contributed by atoms with Crippen molar-refractivity contribution in [2.24, 2.45) is 0 Å². The summed E-state index contributed by atoms with van der Waals surface area (Å²) in [6.45, 7) is 3.13. The van der Waals surface area contributed by atoms with Crippen molar-refractivity contribution in [2.75, 3.05) is 38.2 Å². The summed E-state index contributed by atoms with van der Waals surface area (Å²) in [4.78, 5) is 4.31. The van der Waals surface area contributed by atoms with Crippen LogP contribution in [0, 0.1) is 11.6 Å². The van der Waals surface area contributed by atoms with Crippen LogP contribution in [0.5, 0.6) is 5.75 Å². The molecule has 0 N–H and O–H groups in total. The van der Waals surface area contributed by atoms with E-state index in [1.165, 1.54) is 18.2 Å². The predicted octanol–water partition coefficient (Wildman–Crippen LogP) is 3.92. The van der Waals surface area contributed by atoms with Crippen LogP contribution >= 0.6 is 0 Å². The normalized spacial score (nSPS) is 15.2. The molecule has 1 atom stereocenters. The van der Waals surface area contributed by atoms with E-state index < -0.39 is 0 Å². The van der Waals surface area contributed by atoms with Crippen LogP contribution in [-0.2, 0) is 6.54 Å². The number of hydrogen-bond donors (Lipinski definition) is 0. The maximum absolute atomic E-state index is 14.3. The lowest BCUT2D eigenvalue weighted by Gasteiger charge is -2.40. The molecule has 0 aliphatic carbocycles. The number of piperazine rings is 1. The topological polar surface area (TPSA) is 59.3 Å². The number of nitrogens with zero attached hydrogens (tertiary/aromatic N) is 6. The molecule has 1 fully saturated rings. The summed E-state index contributed by atoms with van der Waals surface area (Å²) >= 11 is 0. The minimum atomic E-state index is -0.297. The van der Waals surface area contributed by atoms with Crippen LogP contribution in [0.4, 0.5) is 14.5 Å². The van der Waals surface area contributed by atoms with Gasteiger partial charge >= 0.3 is 0 Å². The van der Waals surface area contributed by atoms with Crippen molar-refractivity contribution < 1.29 is 13.5 Å². The first kappa shape index (κ1) is 22.9. The Balaban J connectivity index is 1.42. The van der Waals surface area contributed by atoms with E-state index in [0.29, 0.717) is 44.2 Å². The summed E-state index contributed by atoms with van der Waals surface area (Å²) in [7, 11) is 1.63. The summed E-state index contributed by atoms with van der Waals surface area (Å²) < 4.78 is 35.1. The molecule has 9 heteroatoms. The number of para-hydroxylation sites is 1. The Morgan fingerprint density at radius 2 is 1.60 bits per heavy atom. The zero-order valence-corrected chi connectivity index (χ0v) is 19.4. The second kappa shape index (κ2) is 10.2. The van der Waals surface area contributed by atoms with E-state index in [2.05, 4.69) is 20.4 Å². The molecule has 1 aliphatic heterocycles. The number of hydrogen-bond acceptors (Lipinski definition) is 6. The van der Waals surface area contributed by atoms with E-state index in [1.54, 1.807) is 36.1 Å². The van der Waals surface area contributed by atoms with Gasteiger partial charge in [-0.05, 0) is 58.0 Å². The fraction of sp³-hybridized carbons (Fsp3) is 0.269. The summed E-state index contributed by atoms with van der Waals surface area (Å²) in [5.41, 5.74) is 2.54. The number of tetrazole rings is 1. The van der Waals surface area contributed by atoms with Crippen LogP contribution in [-0.4, -0.2) is 58.4 Å². The molecule has 1 aromatic heterocycles. The van der Waals surface area contributed by atoms with E-state index in [0.717, 1.165) is 16.9 Å². The molecular formula is C26H26F2N6O. The summed E-state index contributed by atoms with van der Waals surface area (Å²) in [5, 5.41) is 12.6. The van der Waals surface area contributed by atoms with Gasteiger partial charge in [0.1, 0.15) is 17.4 Å². The number of ether oxygens (including phenoxy) is 1. The van der Waals surface area contributed by atoms with Crippen LogP contribution in [0.15, 0.2) is 72.8 Å². The molecule has 180 valence electrons. The number of benzene rings is 3. The molecule has 5 rings (SSSR count). The highest BCUT2D eigenvalue weighted by atomic mass is 19.1. The average molecular weight is 477 g/mol. The Hall–Kier alpha value is -3.85. The number of methoxy groups -OCH3 is 1. The number of anilines is 1. The van der Waals surface area contributed by atoms with Crippen molar-refractivity contribution in [3.8, 4) is 5.75 Å². The lowest BCUT2D eigenvalue weighted by molar-refractivity contribution is 0.201. The third-order valence-corrected chi connectivity index (χ3v) is 6.35. The van der Waals surface area contributed by atoms with Gasteiger partial charge in [-0.15, -0.1) is 5.10 Å². The van der Waals surface area contributed by atoms with Crippen molar-refractivity contribution in [1.82, 2.24) is 25.1 Å². The maximum atomic E-state index is 14.3. The van der Waals surface area contributed by atoms with Gasteiger partial charge in [-0.3, -0.25) is 4.90 Å². The molecule has 0 amide bonds. The summed E-state index contributed by atoms with van der Waals surface area (Å²) in [5.74, 6) is 0.934. The minimum Gasteiger partial charge on any atom is -0.497 e. The third kappa shape index (κ3) is 5.00. The molecule has 0 spiro atoms. The molecule has 1 aliphatic rings. The maximum Gasteiger partial charge on any atom is 0.173 e. The van der Waals surface area contributed by atoms with Gasteiger partial charge in [-0.2, -0.15) is 0 Å². The molecule has 35 heavy (non-hydrogen) atoms. The fourth-order valence-electron chi connectivity index (χ4n) is 4.52. The SMILES string of the molecule is COc1ccc(Cn2nnnc2[C@@H](c2ccc(F)cc2)N2CCN(c3ccccc3F)CC2)cc1. The Bertz CT molecular complexity index is 1250. The quantitative estimate of drug-likeness (QED) is 0.403. The molecule has 0 bridgehead atoms. The van der Waals surface area contributed by atoms with Gasteiger partial charge < -0.3 is 9.64 Å². The Labute approximate surface area is 202 Å². The average Bonchev–Trinajstić information content (AvgIpc) is 3.34. The second-order valence-electron chi connectivity index (χ2n) is 8.47. The summed E-state index contributed by atoms with van der Waals surface area (Å²) in [6.07, 6.45) is 0. The Kier molecular flexibility index (Phi) is 6.67. The first-order chi connectivity index (χ1) is 17.1. The third-order valence-electron chi connectivity index (χ3n) is 6.35. The van der Waals surface area contributed by atoms with Gasteiger partial charge in [0, 0.05) is 26.2 Å². The second-order valence-corrected chi connectivity index (χ2v) is 8.47. The largest absolute Gasteiger partial charge is 0.497 e. The van der Waals surface area contributed by atoms with Crippen LogP contribution in [0.3, 0.4) is 0 Å². The Morgan fingerprint density at radius 1 is 0.886 bits per heavy atom. The van der Waals surface area contributed by atoms with Crippen LogP contribution in [0.2, 0.25) is 0 Å². The lowest BCUT2D eigenvalue weighted by Crippen LogP contribution is -2.48. The van der Waals surface area contributed by atoms with Crippen molar-refractivity contribution >= 4 is 5.69 Å². The zero-order valence-electron chi connectivity index (χ0n) is 19.4. The van der Waals surface area contributed by atoms with Crippen LogP contribution in [0.25, 0.3) is 0 Å². The van der Waals surface area contributed by atoms with E-state index >= 15 is 0 Å². The first-order valence-corrected chi connectivity index (χ1v) is 11.5. The van der Waals surface area contributed by atoms with Crippen molar-refractivity contribution in [3.63, 3.8) is 0 Å². The van der Waals surface area contributed by atoms with E-state index in [4.69, 9.17) is 4.74 Å². The van der Waals surface area contributed by atoms with Gasteiger partial charge in [0.2, 0.25) is 0 Å². The monoisotopic (exact) mass is 476 g/mol. The highest BCUT2D eigenvalue weighted by Gasteiger charge is 2.31. The highest BCUT2D eigenvalue weighted by molar-refractivity contribution is 5.48. The zero-order chi connectivity index (χ0) is 24.2. The molecule has 0 saturated carbocycles. The smallest absolute Gasteiger partial charge is 0.173 e. The van der Waals surface area contributed by atoms with Gasteiger partial charge in [-0.25, -0.2) is 13.5 Å². The van der Waals surface area contributed by atoms with Crippen LogP contribution < -0.4 is 9.64 Å². The predicted molar refractivity (Wildman–Crippen MR) is 128 cm³/mol. The molecule has 2 heterocycles. The van der Waals surface area contributed by atoms with Gasteiger partial charge in [0.25, 0.3) is 0 Å².